The minimum atomic E-state index is -4.53. The molecule has 0 bridgehead atoms. The third-order valence-corrected chi connectivity index (χ3v) is 3.89. The van der Waals surface area contributed by atoms with Crippen LogP contribution in [0, 0.1) is 0 Å². The minimum absolute atomic E-state index is 0.00682. The summed E-state index contributed by atoms with van der Waals surface area (Å²) in [5.41, 5.74) is -0.578. The quantitative estimate of drug-likeness (QED) is 0.279. The van der Waals surface area contributed by atoms with E-state index in [-0.39, 0.29) is 28.9 Å². The minimum Gasteiger partial charge on any atom is -0.478 e. The summed E-state index contributed by atoms with van der Waals surface area (Å²) in [5.74, 6) is -0.305. The molecule has 0 saturated heterocycles. The average molecular weight is 432 g/mol. The summed E-state index contributed by atoms with van der Waals surface area (Å²) in [6.45, 7) is 3.29. The molecule has 1 unspecified atom stereocenters. The van der Waals surface area contributed by atoms with Gasteiger partial charge in [-0.15, -0.1) is 0 Å². The van der Waals surface area contributed by atoms with Gasteiger partial charge in [0.1, 0.15) is 17.2 Å². The van der Waals surface area contributed by atoms with E-state index in [1.54, 1.807) is 6.92 Å². The van der Waals surface area contributed by atoms with Crippen molar-refractivity contribution in [1.82, 2.24) is 0 Å². The van der Waals surface area contributed by atoms with E-state index in [0.29, 0.717) is 5.56 Å². The summed E-state index contributed by atoms with van der Waals surface area (Å²) in [5, 5.41) is 11.5. The number of carbonyl (C=O) groups excluding carboxylic acids is 1. The van der Waals surface area contributed by atoms with E-state index in [1.165, 1.54) is 25.1 Å². The van der Waals surface area contributed by atoms with Crippen LogP contribution in [0.1, 0.15) is 25.0 Å². The lowest BCUT2D eigenvalue weighted by molar-refractivity contribution is -0.150. The van der Waals surface area contributed by atoms with Crippen LogP contribution in [-0.2, 0) is 15.7 Å². The van der Waals surface area contributed by atoms with Crippen molar-refractivity contribution in [2.24, 2.45) is 5.16 Å². The van der Waals surface area contributed by atoms with E-state index in [9.17, 15) is 18.0 Å². The third-order valence-electron chi connectivity index (χ3n) is 3.59. The van der Waals surface area contributed by atoms with Gasteiger partial charge < -0.3 is 19.4 Å². The molecule has 1 atom stereocenters. The van der Waals surface area contributed by atoms with Gasteiger partial charge in [-0.25, -0.2) is 4.79 Å². The molecule has 156 valence electrons. The van der Waals surface area contributed by atoms with Crippen molar-refractivity contribution in [2.45, 2.75) is 26.1 Å². The first-order chi connectivity index (χ1) is 13.7. The van der Waals surface area contributed by atoms with Crippen LogP contribution in [-0.4, -0.2) is 30.1 Å². The number of nitrogens with zero attached hydrogens (tertiary/aromatic N) is 1. The van der Waals surface area contributed by atoms with Gasteiger partial charge in [-0.3, -0.25) is 0 Å². The molecule has 0 fully saturated rings. The second-order valence-electron chi connectivity index (χ2n) is 5.70. The van der Waals surface area contributed by atoms with Crippen LogP contribution < -0.4 is 9.47 Å². The monoisotopic (exact) mass is 431 g/mol. The Hall–Kier alpha value is -2.94. The van der Waals surface area contributed by atoms with E-state index in [2.05, 4.69) is 5.16 Å². The summed E-state index contributed by atoms with van der Waals surface area (Å²) >= 11 is 5.90. The average Bonchev–Trinajstić information content (AvgIpc) is 2.65. The smallest absolute Gasteiger partial charge is 0.416 e. The van der Waals surface area contributed by atoms with Crippen LogP contribution in [0.4, 0.5) is 13.2 Å². The number of hydrogen-bond acceptors (Lipinski definition) is 6. The Morgan fingerprint density at radius 3 is 2.55 bits per heavy atom. The highest BCUT2D eigenvalue weighted by Gasteiger charge is 2.31. The normalized spacial score (nSPS) is 12.6. The SMILES string of the molecule is CCOC(=O)C(C)Oc1cc(Oc2ccc(C(F)(F)F)cc2Cl)ccc1/C=N/O. The molecule has 0 amide bonds. The highest BCUT2D eigenvalue weighted by atomic mass is 35.5. The molecule has 2 aromatic rings. The molecule has 0 aliphatic carbocycles. The van der Waals surface area contributed by atoms with Crippen LogP contribution in [0.3, 0.4) is 0 Å². The molecule has 1 N–H and O–H groups in total. The summed E-state index contributed by atoms with van der Waals surface area (Å²) in [6, 6.07) is 7.00. The molecule has 0 radical (unpaired) electrons. The lowest BCUT2D eigenvalue weighted by Crippen LogP contribution is -2.26. The molecule has 0 aliphatic rings. The van der Waals surface area contributed by atoms with Crippen LogP contribution >= 0.6 is 11.6 Å². The topological polar surface area (TPSA) is 77.4 Å². The summed E-state index contributed by atoms with van der Waals surface area (Å²) < 4.78 is 54.2. The van der Waals surface area contributed by atoms with Crippen LogP contribution in [0.15, 0.2) is 41.6 Å². The van der Waals surface area contributed by atoms with Gasteiger partial charge >= 0.3 is 12.1 Å². The number of alkyl halides is 3. The number of hydrogen-bond donors (Lipinski definition) is 1. The van der Waals surface area contributed by atoms with Crippen molar-refractivity contribution in [3.8, 4) is 17.2 Å². The summed E-state index contributed by atoms with van der Waals surface area (Å²) in [7, 11) is 0. The molecule has 29 heavy (non-hydrogen) atoms. The zero-order valence-corrected chi connectivity index (χ0v) is 16.1. The Labute approximate surface area is 169 Å². The molecule has 0 aromatic heterocycles. The Bertz CT molecular complexity index is 902. The molecular weight excluding hydrogens is 415 g/mol. The Kier molecular flexibility index (Phi) is 7.33. The fourth-order valence-electron chi connectivity index (χ4n) is 2.23. The van der Waals surface area contributed by atoms with Gasteiger partial charge in [0.15, 0.2) is 6.10 Å². The van der Waals surface area contributed by atoms with Gasteiger partial charge in [0.2, 0.25) is 0 Å². The fraction of sp³-hybridized carbons (Fsp3) is 0.263. The van der Waals surface area contributed by atoms with Crippen molar-refractivity contribution in [3.05, 3.63) is 52.5 Å². The predicted octanol–water partition coefficient (Wildman–Crippen LogP) is 5.29. The van der Waals surface area contributed by atoms with E-state index >= 15 is 0 Å². The lowest BCUT2D eigenvalue weighted by atomic mass is 10.2. The Morgan fingerprint density at radius 2 is 1.97 bits per heavy atom. The second kappa shape index (κ2) is 9.51. The molecule has 10 heteroatoms. The van der Waals surface area contributed by atoms with Gasteiger partial charge in [-0.1, -0.05) is 16.8 Å². The number of oxime groups is 1. The first kappa shape index (κ1) is 22.4. The van der Waals surface area contributed by atoms with Crippen molar-refractivity contribution in [2.75, 3.05) is 6.61 Å². The highest BCUT2D eigenvalue weighted by molar-refractivity contribution is 6.32. The van der Waals surface area contributed by atoms with Gasteiger partial charge in [0.05, 0.1) is 23.4 Å². The fourth-order valence-corrected chi connectivity index (χ4v) is 2.45. The summed E-state index contributed by atoms with van der Waals surface area (Å²) in [6.07, 6.45) is -4.41. The van der Waals surface area contributed by atoms with E-state index in [0.717, 1.165) is 24.4 Å². The zero-order chi connectivity index (χ0) is 21.6. The van der Waals surface area contributed by atoms with Crippen LogP contribution in [0.25, 0.3) is 0 Å². The van der Waals surface area contributed by atoms with E-state index in [1.807, 2.05) is 0 Å². The van der Waals surface area contributed by atoms with Crippen molar-refractivity contribution in [1.29, 1.82) is 0 Å². The van der Waals surface area contributed by atoms with Gasteiger partial charge in [-0.2, -0.15) is 13.2 Å². The molecule has 0 saturated carbocycles. The van der Waals surface area contributed by atoms with E-state index in [4.69, 9.17) is 31.0 Å². The maximum absolute atomic E-state index is 12.8. The van der Waals surface area contributed by atoms with E-state index < -0.39 is 23.8 Å². The molecule has 2 rings (SSSR count). The van der Waals surface area contributed by atoms with Crippen molar-refractivity contribution >= 4 is 23.8 Å². The largest absolute Gasteiger partial charge is 0.478 e. The predicted molar refractivity (Wildman–Crippen MR) is 99.1 cm³/mol. The molecule has 0 aliphatic heterocycles. The Balaban J connectivity index is 2.29. The third kappa shape index (κ3) is 6.02. The van der Waals surface area contributed by atoms with Crippen LogP contribution in [0.5, 0.6) is 17.2 Å². The van der Waals surface area contributed by atoms with Crippen molar-refractivity contribution < 1.29 is 37.4 Å². The molecule has 6 nitrogen and oxygen atoms in total. The maximum atomic E-state index is 12.8. The molecule has 0 heterocycles. The standard InChI is InChI=1S/C19H17ClF3NO5/c1-3-27-18(25)11(2)28-17-9-14(6-4-12(17)10-24-26)29-16-7-5-13(8-15(16)20)19(21,22)23/h4-11,26H,3H2,1-2H3/b24-10+. The van der Waals surface area contributed by atoms with Crippen molar-refractivity contribution in [3.63, 3.8) is 0 Å². The van der Waals surface area contributed by atoms with Gasteiger partial charge in [-0.05, 0) is 44.2 Å². The first-order valence-corrected chi connectivity index (χ1v) is 8.72. The highest BCUT2D eigenvalue weighted by Crippen LogP contribution is 2.37. The Morgan fingerprint density at radius 1 is 1.24 bits per heavy atom. The van der Waals surface area contributed by atoms with Crippen LogP contribution in [0.2, 0.25) is 5.02 Å². The van der Waals surface area contributed by atoms with Gasteiger partial charge in [0.25, 0.3) is 0 Å². The lowest BCUT2D eigenvalue weighted by Gasteiger charge is -2.16. The molecule has 0 spiro atoms. The zero-order valence-electron chi connectivity index (χ0n) is 15.4. The number of ether oxygens (including phenoxy) is 3. The number of benzene rings is 2. The second-order valence-corrected chi connectivity index (χ2v) is 6.11. The summed E-state index contributed by atoms with van der Waals surface area (Å²) in [4.78, 5) is 11.8. The number of halogens is 4. The van der Waals surface area contributed by atoms with Gasteiger partial charge in [0, 0.05) is 11.6 Å². The molecule has 2 aromatic carbocycles. The maximum Gasteiger partial charge on any atom is 0.416 e. The molecular formula is C19H17ClF3NO5. The number of esters is 1. The number of carbonyl (C=O) groups is 1. The first-order valence-electron chi connectivity index (χ1n) is 8.35. The number of rotatable bonds is 7.